The Morgan fingerprint density at radius 2 is 0.821 bits per heavy atom. The van der Waals surface area contributed by atoms with Crippen molar-refractivity contribution in [3.8, 4) is 0 Å². The lowest BCUT2D eigenvalue weighted by Crippen LogP contribution is -1.90. The Kier molecular flexibility index (Phi) is 5.60. The Morgan fingerprint density at radius 3 is 1.29 bits per heavy atom. The van der Waals surface area contributed by atoms with Crippen molar-refractivity contribution >= 4 is 17.2 Å². The first-order valence-electron chi connectivity index (χ1n) is 9.55. The molecule has 0 N–H and O–H groups in total. The molecule has 0 saturated carbocycles. The van der Waals surface area contributed by atoms with Gasteiger partial charge in [0.05, 0.1) is 0 Å². The summed E-state index contributed by atoms with van der Waals surface area (Å²) < 4.78 is 0. The summed E-state index contributed by atoms with van der Waals surface area (Å²) in [6.07, 6.45) is 4.55. The van der Waals surface area contributed by atoms with E-state index in [1.54, 1.807) is 0 Å². The Bertz CT molecular complexity index is 1020. The summed E-state index contributed by atoms with van der Waals surface area (Å²) in [7, 11) is 0. The lowest BCUT2D eigenvalue weighted by atomic mass is 9.93. The minimum absolute atomic E-state index is 1.19. The molecule has 0 amide bonds. The normalized spacial score (nSPS) is 11.1. The topological polar surface area (TPSA) is 0 Å². The minimum Gasteiger partial charge on any atom is -0.0622 e. The van der Waals surface area contributed by atoms with Gasteiger partial charge in [-0.2, -0.15) is 0 Å². The lowest BCUT2D eigenvalue weighted by molar-refractivity contribution is 1.54. The molecule has 134 valence electrons. The molecule has 4 aromatic carbocycles. The van der Waals surface area contributed by atoms with Crippen molar-refractivity contribution in [2.24, 2.45) is 0 Å². The van der Waals surface area contributed by atoms with Crippen molar-refractivity contribution in [2.45, 2.75) is 0 Å². The van der Waals surface area contributed by atoms with Crippen LogP contribution in [0.25, 0.3) is 17.2 Å². The summed E-state index contributed by atoms with van der Waals surface area (Å²) in [5.41, 5.74) is 7.22. The number of benzene rings is 4. The zero-order chi connectivity index (χ0) is 19.0. The highest BCUT2D eigenvalue weighted by atomic mass is 14.1. The lowest BCUT2D eigenvalue weighted by Gasteiger charge is -2.11. The van der Waals surface area contributed by atoms with Crippen LogP contribution in [0.1, 0.15) is 22.3 Å². The molecule has 4 rings (SSSR count). The van der Waals surface area contributed by atoms with Crippen molar-refractivity contribution in [3.05, 3.63) is 150 Å². The second kappa shape index (κ2) is 8.83. The smallest absolute Gasteiger partial charge is 0.0105 e. The minimum atomic E-state index is 1.19. The molecule has 0 heteroatoms. The highest BCUT2D eigenvalue weighted by Gasteiger charge is 2.07. The maximum absolute atomic E-state index is 2.30. The fourth-order valence-corrected chi connectivity index (χ4v) is 3.29. The van der Waals surface area contributed by atoms with Crippen molar-refractivity contribution in [1.29, 1.82) is 0 Å². The second-order valence-corrected chi connectivity index (χ2v) is 6.67. The van der Waals surface area contributed by atoms with E-state index in [1.807, 2.05) is 0 Å². The SMILES string of the molecule is C(=C(C=C(c1ccccc1)c1ccccc1)c1ccccc1)c1ccccc1. The van der Waals surface area contributed by atoms with Crippen LogP contribution >= 0.6 is 0 Å². The summed E-state index contributed by atoms with van der Waals surface area (Å²) in [6.45, 7) is 0. The van der Waals surface area contributed by atoms with Crippen LogP contribution in [0, 0.1) is 0 Å². The zero-order valence-corrected chi connectivity index (χ0v) is 15.7. The molecule has 0 saturated heterocycles. The number of hydrogen-bond donors (Lipinski definition) is 0. The van der Waals surface area contributed by atoms with E-state index >= 15 is 0 Å². The van der Waals surface area contributed by atoms with Gasteiger partial charge in [-0.15, -0.1) is 0 Å². The van der Waals surface area contributed by atoms with E-state index in [2.05, 4.69) is 133 Å². The van der Waals surface area contributed by atoms with Gasteiger partial charge in [-0.25, -0.2) is 0 Å². The van der Waals surface area contributed by atoms with Crippen molar-refractivity contribution < 1.29 is 0 Å². The first kappa shape index (κ1) is 17.8. The van der Waals surface area contributed by atoms with Gasteiger partial charge in [0.15, 0.2) is 0 Å². The highest BCUT2D eigenvalue weighted by Crippen LogP contribution is 2.29. The molecule has 0 aliphatic carbocycles. The summed E-state index contributed by atoms with van der Waals surface area (Å²) in [5, 5.41) is 0. The molecule has 0 unspecified atom stereocenters. The highest BCUT2D eigenvalue weighted by molar-refractivity contribution is 5.96. The average Bonchev–Trinajstić information content (AvgIpc) is 2.79. The van der Waals surface area contributed by atoms with E-state index in [-0.39, 0.29) is 0 Å². The van der Waals surface area contributed by atoms with E-state index in [1.165, 1.54) is 33.4 Å². The van der Waals surface area contributed by atoms with Crippen LogP contribution in [0.3, 0.4) is 0 Å². The Balaban J connectivity index is 1.90. The van der Waals surface area contributed by atoms with E-state index < -0.39 is 0 Å². The maximum Gasteiger partial charge on any atom is -0.0105 e. The van der Waals surface area contributed by atoms with Crippen molar-refractivity contribution in [1.82, 2.24) is 0 Å². The molecule has 0 atom stereocenters. The molecule has 0 nitrogen and oxygen atoms in total. The third kappa shape index (κ3) is 4.36. The monoisotopic (exact) mass is 358 g/mol. The van der Waals surface area contributed by atoms with Gasteiger partial charge in [-0.1, -0.05) is 121 Å². The van der Waals surface area contributed by atoms with Crippen LogP contribution < -0.4 is 0 Å². The van der Waals surface area contributed by atoms with Crippen LogP contribution in [-0.2, 0) is 0 Å². The molecule has 0 bridgehead atoms. The van der Waals surface area contributed by atoms with Crippen LogP contribution in [0.2, 0.25) is 0 Å². The van der Waals surface area contributed by atoms with Crippen molar-refractivity contribution in [2.75, 3.05) is 0 Å². The molecular formula is C28H22. The van der Waals surface area contributed by atoms with Crippen molar-refractivity contribution in [3.63, 3.8) is 0 Å². The third-order valence-electron chi connectivity index (χ3n) is 4.70. The molecule has 28 heavy (non-hydrogen) atoms. The molecule has 0 spiro atoms. The Hall–Kier alpha value is -3.64. The summed E-state index contributed by atoms with van der Waals surface area (Å²) in [4.78, 5) is 0. The van der Waals surface area contributed by atoms with Gasteiger partial charge in [0.1, 0.15) is 0 Å². The Labute approximate surface area is 167 Å². The van der Waals surface area contributed by atoms with E-state index in [0.29, 0.717) is 0 Å². The quantitative estimate of drug-likeness (QED) is 0.258. The third-order valence-corrected chi connectivity index (χ3v) is 4.70. The predicted molar refractivity (Wildman–Crippen MR) is 121 cm³/mol. The van der Waals surface area contributed by atoms with Crippen LogP contribution in [0.15, 0.2) is 127 Å². The molecule has 0 aliphatic heterocycles. The summed E-state index contributed by atoms with van der Waals surface area (Å²) in [5.74, 6) is 0. The molecule has 4 aromatic rings. The zero-order valence-electron chi connectivity index (χ0n) is 15.7. The fourth-order valence-electron chi connectivity index (χ4n) is 3.29. The van der Waals surface area contributed by atoms with Gasteiger partial charge in [-0.05, 0) is 45.6 Å². The average molecular weight is 358 g/mol. The first-order chi connectivity index (χ1) is 13.9. The molecule has 0 heterocycles. The van der Waals surface area contributed by atoms with Gasteiger partial charge in [0, 0.05) is 0 Å². The molecule has 0 aliphatic rings. The van der Waals surface area contributed by atoms with Gasteiger partial charge >= 0.3 is 0 Å². The summed E-state index contributed by atoms with van der Waals surface area (Å²) in [6, 6.07) is 42.2. The van der Waals surface area contributed by atoms with Gasteiger partial charge in [0.2, 0.25) is 0 Å². The Morgan fingerprint density at radius 1 is 0.429 bits per heavy atom. The van der Waals surface area contributed by atoms with Crippen LogP contribution in [0.4, 0.5) is 0 Å². The summed E-state index contributed by atoms with van der Waals surface area (Å²) >= 11 is 0. The number of allylic oxidation sites excluding steroid dienone is 2. The van der Waals surface area contributed by atoms with Crippen LogP contribution in [0.5, 0.6) is 0 Å². The van der Waals surface area contributed by atoms with E-state index in [0.717, 1.165) is 0 Å². The molecule has 0 radical (unpaired) electrons. The molecule has 0 aromatic heterocycles. The van der Waals surface area contributed by atoms with E-state index in [4.69, 9.17) is 0 Å². The van der Waals surface area contributed by atoms with Gasteiger partial charge < -0.3 is 0 Å². The van der Waals surface area contributed by atoms with Gasteiger partial charge in [0.25, 0.3) is 0 Å². The standard InChI is InChI=1S/C28H22/c1-5-13-23(14-6-1)21-27(24-15-7-2-8-16-24)22-28(25-17-9-3-10-18-25)26-19-11-4-12-20-26/h1-22H. The first-order valence-corrected chi connectivity index (χ1v) is 9.55. The van der Waals surface area contributed by atoms with Gasteiger partial charge in [-0.3, -0.25) is 0 Å². The molecular weight excluding hydrogens is 336 g/mol. The molecule has 0 fully saturated rings. The van der Waals surface area contributed by atoms with Crippen LogP contribution in [-0.4, -0.2) is 0 Å². The largest absolute Gasteiger partial charge is 0.0622 e. The van der Waals surface area contributed by atoms with E-state index in [9.17, 15) is 0 Å². The fraction of sp³-hybridized carbons (Fsp3) is 0. The number of hydrogen-bond acceptors (Lipinski definition) is 0. The second-order valence-electron chi connectivity index (χ2n) is 6.67. The maximum atomic E-state index is 2.30. The number of rotatable bonds is 5. The predicted octanol–water partition coefficient (Wildman–Crippen LogP) is 7.36.